The second-order valence-corrected chi connectivity index (χ2v) is 7.11. The van der Waals surface area contributed by atoms with Crippen LogP contribution in [0.3, 0.4) is 0 Å². The van der Waals surface area contributed by atoms with Gasteiger partial charge in [-0.1, -0.05) is 61.1 Å². The first kappa shape index (κ1) is 16.2. The molecule has 1 atom stereocenters. The minimum Gasteiger partial charge on any atom is -0.391 e. The quantitative estimate of drug-likeness (QED) is 0.515. The Hall–Kier alpha value is -1.68. The number of aliphatic hydroxyl groups is 1. The molecule has 0 aliphatic heterocycles. The Morgan fingerprint density at radius 2 is 1.74 bits per heavy atom. The summed E-state index contributed by atoms with van der Waals surface area (Å²) >= 11 is 0. The molecule has 3 heteroatoms. The Bertz CT molecular complexity index is 785. The van der Waals surface area contributed by atoms with Crippen molar-refractivity contribution in [2.45, 2.75) is 31.7 Å². The van der Waals surface area contributed by atoms with Gasteiger partial charge in [0, 0.05) is 9.52 Å². The first-order valence-electron chi connectivity index (χ1n) is 8.09. The Kier molecular flexibility index (Phi) is 5.44. The normalized spacial score (nSPS) is 12.8. The minimum atomic E-state index is -0.344. The molecule has 2 radical (unpaired) electrons. The minimum absolute atomic E-state index is 0.344. The van der Waals surface area contributed by atoms with Crippen molar-refractivity contribution in [3.8, 4) is 0 Å². The van der Waals surface area contributed by atoms with E-state index in [1.54, 1.807) is 0 Å². The molecule has 0 bridgehead atoms. The van der Waals surface area contributed by atoms with Crippen LogP contribution in [0.15, 0.2) is 54.6 Å². The molecule has 3 aromatic rings. The largest absolute Gasteiger partial charge is 0.391 e. The van der Waals surface area contributed by atoms with Crippen molar-refractivity contribution < 1.29 is 9.84 Å². The van der Waals surface area contributed by atoms with Crippen LogP contribution in [-0.4, -0.2) is 27.3 Å². The van der Waals surface area contributed by atoms with Crippen molar-refractivity contribution in [3.63, 3.8) is 0 Å². The summed E-state index contributed by atoms with van der Waals surface area (Å²) in [6.45, 7) is 3.12. The van der Waals surface area contributed by atoms with Gasteiger partial charge in [-0.05, 0) is 39.6 Å². The summed E-state index contributed by atoms with van der Waals surface area (Å²) in [5.41, 5.74) is 1.15. The molecule has 118 valence electrons. The van der Waals surface area contributed by atoms with Crippen LogP contribution in [0.1, 0.15) is 12.0 Å². The van der Waals surface area contributed by atoms with Crippen LogP contribution in [0.25, 0.3) is 21.5 Å². The maximum atomic E-state index is 9.85. The fourth-order valence-electron chi connectivity index (χ4n) is 2.85. The van der Waals surface area contributed by atoms with Crippen LogP contribution in [-0.2, 0) is 11.3 Å². The summed E-state index contributed by atoms with van der Waals surface area (Å²) in [5.74, 6) is 0. The zero-order valence-corrected chi connectivity index (χ0v) is 14.5. The van der Waals surface area contributed by atoms with Gasteiger partial charge in [0.05, 0.1) is 19.3 Å². The molecule has 0 amide bonds. The lowest BCUT2D eigenvalue weighted by Gasteiger charge is -2.11. The molecule has 0 aliphatic rings. The highest BCUT2D eigenvalue weighted by Gasteiger charge is 2.05. The average molecular weight is 322 g/mol. The van der Waals surface area contributed by atoms with E-state index in [0.717, 1.165) is 27.5 Å². The third kappa shape index (κ3) is 3.99. The van der Waals surface area contributed by atoms with E-state index in [4.69, 9.17) is 4.74 Å². The summed E-state index contributed by atoms with van der Waals surface area (Å²) in [6, 6.07) is 20.3. The molecule has 0 saturated carbocycles. The number of rotatable bonds is 7. The van der Waals surface area contributed by atoms with Crippen LogP contribution in [0.5, 0.6) is 0 Å². The number of aliphatic hydroxyl groups excluding tert-OH is 1. The predicted molar refractivity (Wildman–Crippen MR) is 98.2 cm³/mol. The van der Waals surface area contributed by atoms with E-state index in [1.807, 2.05) is 0 Å². The Morgan fingerprint density at radius 1 is 1.00 bits per heavy atom. The third-order valence-corrected chi connectivity index (χ3v) is 4.91. The van der Waals surface area contributed by atoms with Crippen molar-refractivity contribution in [1.29, 1.82) is 0 Å². The summed E-state index contributed by atoms with van der Waals surface area (Å²) < 4.78 is 5.69. The maximum absolute atomic E-state index is 9.85. The van der Waals surface area contributed by atoms with Gasteiger partial charge in [0.1, 0.15) is 0 Å². The molecule has 2 nitrogen and oxygen atoms in total. The molecule has 1 N–H and O–H groups in total. The van der Waals surface area contributed by atoms with Gasteiger partial charge in [-0.2, -0.15) is 0 Å². The summed E-state index contributed by atoms with van der Waals surface area (Å²) in [5, 5.41) is 14.9. The second kappa shape index (κ2) is 7.73. The molecule has 0 saturated heterocycles. The van der Waals surface area contributed by atoms with Gasteiger partial charge < -0.3 is 9.84 Å². The van der Waals surface area contributed by atoms with Gasteiger partial charge in [-0.3, -0.25) is 0 Å². The fourth-order valence-corrected chi connectivity index (χ4v) is 3.47. The molecule has 0 aliphatic carbocycles. The van der Waals surface area contributed by atoms with E-state index in [-0.39, 0.29) is 6.10 Å². The lowest BCUT2D eigenvalue weighted by Crippen LogP contribution is -2.15. The number of ether oxygens (including phenoxy) is 1. The molecule has 0 fully saturated rings. The van der Waals surface area contributed by atoms with Gasteiger partial charge in [0.15, 0.2) is 0 Å². The molecule has 3 aromatic carbocycles. The maximum Gasteiger partial charge on any atom is 0.0771 e. The zero-order valence-electron chi connectivity index (χ0n) is 13.5. The van der Waals surface area contributed by atoms with Crippen LogP contribution >= 0.6 is 0 Å². The van der Waals surface area contributed by atoms with E-state index >= 15 is 0 Å². The van der Waals surface area contributed by atoms with Gasteiger partial charge in [0.2, 0.25) is 0 Å². The smallest absolute Gasteiger partial charge is 0.0771 e. The van der Waals surface area contributed by atoms with Crippen molar-refractivity contribution in [3.05, 3.63) is 60.2 Å². The van der Waals surface area contributed by atoms with E-state index in [2.05, 4.69) is 61.1 Å². The van der Waals surface area contributed by atoms with Crippen molar-refractivity contribution >= 4 is 31.1 Å². The Morgan fingerprint density at radius 3 is 2.57 bits per heavy atom. The standard InChI is InChI=1S/C20H22O2Si/c1-23-11-10-18(21)14-22-13-15-6-7-17-9-8-16-4-2-3-5-19(16)20(17)12-15/h2-9,12,18,21H,10-11,13-14H2,1H3. The SMILES string of the molecule is C[Si]CCC(O)COCc1ccc2ccc3ccccc3c2c1. The number of hydrogen-bond acceptors (Lipinski definition) is 2. The molecule has 3 rings (SSSR count). The molecular formula is C20H22O2Si. The lowest BCUT2D eigenvalue weighted by atomic mass is 10.0. The molecule has 0 heterocycles. The predicted octanol–water partition coefficient (Wildman–Crippen LogP) is 4.43. The molecule has 0 aromatic heterocycles. The fraction of sp³-hybridized carbons (Fsp3) is 0.300. The zero-order chi connectivity index (χ0) is 16.1. The summed E-state index contributed by atoms with van der Waals surface area (Å²) in [6.07, 6.45) is 0.487. The number of hydrogen-bond donors (Lipinski definition) is 1. The molecule has 1 unspecified atom stereocenters. The van der Waals surface area contributed by atoms with Crippen molar-refractivity contribution in [1.82, 2.24) is 0 Å². The highest BCUT2D eigenvalue weighted by atomic mass is 28.2. The Labute approximate surface area is 139 Å². The first-order chi connectivity index (χ1) is 11.3. The lowest BCUT2D eigenvalue weighted by molar-refractivity contribution is 0.0270. The second-order valence-electron chi connectivity index (χ2n) is 5.90. The molecule has 0 spiro atoms. The highest BCUT2D eigenvalue weighted by Crippen LogP contribution is 2.26. The average Bonchev–Trinajstić information content (AvgIpc) is 2.60. The first-order valence-corrected chi connectivity index (χ1v) is 9.79. The van der Waals surface area contributed by atoms with Crippen LogP contribution in [0, 0.1) is 0 Å². The van der Waals surface area contributed by atoms with Gasteiger partial charge in [-0.25, -0.2) is 0 Å². The van der Waals surface area contributed by atoms with E-state index in [0.29, 0.717) is 13.2 Å². The summed E-state index contributed by atoms with van der Waals surface area (Å²) in [7, 11) is 0.892. The van der Waals surface area contributed by atoms with Crippen molar-refractivity contribution in [2.75, 3.05) is 6.61 Å². The van der Waals surface area contributed by atoms with Gasteiger partial charge >= 0.3 is 0 Å². The molecule has 23 heavy (non-hydrogen) atoms. The Balaban J connectivity index is 1.73. The van der Waals surface area contributed by atoms with E-state index in [1.165, 1.54) is 21.5 Å². The number of fused-ring (bicyclic) bond motifs is 3. The van der Waals surface area contributed by atoms with E-state index in [9.17, 15) is 5.11 Å². The summed E-state index contributed by atoms with van der Waals surface area (Å²) in [4.78, 5) is 0. The van der Waals surface area contributed by atoms with Gasteiger partial charge in [-0.15, -0.1) is 0 Å². The van der Waals surface area contributed by atoms with Crippen LogP contribution in [0.2, 0.25) is 12.6 Å². The van der Waals surface area contributed by atoms with Crippen molar-refractivity contribution in [2.24, 2.45) is 0 Å². The monoisotopic (exact) mass is 322 g/mol. The van der Waals surface area contributed by atoms with E-state index < -0.39 is 0 Å². The topological polar surface area (TPSA) is 29.5 Å². The highest BCUT2D eigenvalue weighted by molar-refractivity contribution is 6.33. The molecular weight excluding hydrogens is 300 g/mol. The van der Waals surface area contributed by atoms with Crippen LogP contribution < -0.4 is 0 Å². The number of benzene rings is 3. The van der Waals surface area contributed by atoms with Gasteiger partial charge in [0.25, 0.3) is 0 Å². The third-order valence-electron chi connectivity index (χ3n) is 4.12. The van der Waals surface area contributed by atoms with Crippen LogP contribution in [0.4, 0.5) is 0 Å².